The van der Waals surface area contributed by atoms with Gasteiger partial charge in [-0.1, -0.05) is 12.8 Å². The van der Waals surface area contributed by atoms with E-state index in [1.165, 1.54) is 45.1 Å². The number of hydrogen-bond acceptors (Lipinski definition) is 3. The van der Waals surface area contributed by atoms with Crippen LogP contribution in [0.1, 0.15) is 44.9 Å². The molecule has 2 fully saturated rings. The molecule has 1 aliphatic heterocycles. The predicted octanol–water partition coefficient (Wildman–Crippen LogP) is 1.35. The molecule has 1 heterocycles. The quantitative estimate of drug-likeness (QED) is 0.761. The van der Waals surface area contributed by atoms with Crippen LogP contribution in [0.3, 0.4) is 0 Å². The monoisotopic (exact) mass is 226 g/mol. The third-order valence-corrected chi connectivity index (χ3v) is 4.38. The summed E-state index contributed by atoms with van der Waals surface area (Å²) in [5, 5.41) is 9.53. The summed E-state index contributed by atoms with van der Waals surface area (Å²) in [5.74, 6) is 0.942. The summed E-state index contributed by atoms with van der Waals surface area (Å²) in [6.07, 6.45) is 8.96. The van der Waals surface area contributed by atoms with Gasteiger partial charge in [-0.25, -0.2) is 0 Å². The van der Waals surface area contributed by atoms with Gasteiger partial charge in [0, 0.05) is 19.1 Å². The maximum atomic E-state index is 9.53. The van der Waals surface area contributed by atoms with Gasteiger partial charge in [0.1, 0.15) is 0 Å². The van der Waals surface area contributed by atoms with Gasteiger partial charge in [-0.2, -0.15) is 0 Å². The molecule has 3 heteroatoms. The molecule has 1 aliphatic carbocycles. The lowest BCUT2D eigenvalue weighted by Gasteiger charge is -2.44. The lowest BCUT2D eigenvalue weighted by Crippen LogP contribution is -2.47. The Kier molecular flexibility index (Phi) is 4.62. The SMILES string of the molecule is NCC(O)CCN1CCC[C@H]2CCCC[C@H]21. The van der Waals surface area contributed by atoms with Gasteiger partial charge in [0.25, 0.3) is 0 Å². The topological polar surface area (TPSA) is 49.5 Å². The lowest BCUT2D eigenvalue weighted by molar-refractivity contribution is 0.0469. The molecule has 1 saturated heterocycles. The molecule has 94 valence electrons. The van der Waals surface area contributed by atoms with Crippen molar-refractivity contribution in [1.82, 2.24) is 4.90 Å². The fraction of sp³-hybridized carbons (Fsp3) is 1.00. The van der Waals surface area contributed by atoms with E-state index >= 15 is 0 Å². The first kappa shape index (κ1) is 12.3. The highest BCUT2D eigenvalue weighted by Gasteiger charge is 2.32. The van der Waals surface area contributed by atoms with Crippen molar-refractivity contribution in [1.29, 1.82) is 0 Å². The van der Waals surface area contributed by atoms with Gasteiger partial charge in [0.15, 0.2) is 0 Å². The third kappa shape index (κ3) is 2.96. The minimum Gasteiger partial charge on any atom is -0.392 e. The number of likely N-dealkylation sites (tertiary alicyclic amines) is 1. The summed E-state index contributed by atoms with van der Waals surface area (Å²) in [7, 11) is 0. The maximum Gasteiger partial charge on any atom is 0.0674 e. The van der Waals surface area contributed by atoms with E-state index < -0.39 is 0 Å². The van der Waals surface area contributed by atoms with Gasteiger partial charge in [-0.05, 0) is 44.6 Å². The fourth-order valence-corrected chi connectivity index (χ4v) is 3.44. The van der Waals surface area contributed by atoms with Crippen molar-refractivity contribution in [2.24, 2.45) is 11.7 Å². The van der Waals surface area contributed by atoms with Crippen molar-refractivity contribution in [3.63, 3.8) is 0 Å². The van der Waals surface area contributed by atoms with E-state index in [1.54, 1.807) is 0 Å². The fourth-order valence-electron chi connectivity index (χ4n) is 3.44. The second-order valence-corrected chi connectivity index (χ2v) is 5.47. The Morgan fingerprint density at radius 3 is 2.75 bits per heavy atom. The van der Waals surface area contributed by atoms with Crippen molar-refractivity contribution in [3.05, 3.63) is 0 Å². The summed E-state index contributed by atoms with van der Waals surface area (Å²) in [4.78, 5) is 2.62. The van der Waals surface area contributed by atoms with Crippen LogP contribution in [0, 0.1) is 5.92 Å². The van der Waals surface area contributed by atoms with Crippen LogP contribution >= 0.6 is 0 Å². The number of fused-ring (bicyclic) bond motifs is 1. The van der Waals surface area contributed by atoms with Crippen LogP contribution in [-0.4, -0.2) is 41.8 Å². The van der Waals surface area contributed by atoms with Crippen molar-refractivity contribution in [2.75, 3.05) is 19.6 Å². The first-order valence-electron chi connectivity index (χ1n) is 6.93. The molecule has 0 bridgehead atoms. The number of rotatable bonds is 4. The zero-order chi connectivity index (χ0) is 11.4. The number of hydrogen-bond donors (Lipinski definition) is 2. The zero-order valence-electron chi connectivity index (χ0n) is 10.3. The summed E-state index contributed by atoms with van der Waals surface area (Å²) in [6, 6.07) is 0.812. The second kappa shape index (κ2) is 5.99. The van der Waals surface area contributed by atoms with E-state index in [1.807, 2.05) is 0 Å². The lowest BCUT2D eigenvalue weighted by atomic mass is 9.78. The molecule has 1 saturated carbocycles. The second-order valence-electron chi connectivity index (χ2n) is 5.47. The molecule has 0 aromatic rings. The van der Waals surface area contributed by atoms with Crippen molar-refractivity contribution in [3.8, 4) is 0 Å². The summed E-state index contributed by atoms with van der Waals surface area (Å²) < 4.78 is 0. The Bertz CT molecular complexity index is 208. The Morgan fingerprint density at radius 1 is 1.19 bits per heavy atom. The maximum absolute atomic E-state index is 9.53. The molecule has 0 radical (unpaired) electrons. The average Bonchev–Trinajstić information content (AvgIpc) is 2.35. The number of aliphatic hydroxyl groups is 1. The van der Waals surface area contributed by atoms with E-state index in [-0.39, 0.29) is 6.10 Å². The molecule has 3 atom stereocenters. The molecule has 0 amide bonds. The molecule has 1 unspecified atom stereocenters. The summed E-state index contributed by atoms with van der Waals surface area (Å²) in [6.45, 7) is 2.68. The van der Waals surface area contributed by atoms with Crippen LogP contribution < -0.4 is 5.73 Å². The van der Waals surface area contributed by atoms with E-state index in [4.69, 9.17) is 5.73 Å². The molecule has 2 aliphatic rings. The van der Waals surface area contributed by atoms with Gasteiger partial charge in [-0.3, -0.25) is 0 Å². The molecule has 3 nitrogen and oxygen atoms in total. The van der Waals surface area contributed by atoms with Crippen LogP contribution in [-0.2, 0) is 0 Å². The highest BCUT2D eigenvalue weighted by molar-refractivity contribution is 4.87. The molecule has 16 heavy (non-hydrogen) atoms. The van der Waals surface area contributed by atoms with Gasteiger partial charge < -0.3 is 15.7 Å². The summed E-state index contributed by atoms with van der Waals surface area (Å²) >= 11 is 0. The smallest absolute Gasteiger partial charge is 0.0674 e. The van der Waals surface area contributed by atoms with Crippen LogP contribution in [0.2, 0.25) is 0 Å². The Morgan fingerprint density at radius 2 is 1.94 bits per heavy atom. The molecule has 3 N–H and O–H groups in total. The highest BCUT2D eigenvalue weighted by Crippen LogP contribution is 2.35. The van der Waals surface area contributed by atoms with Crippen molar-refractivity contribution in [2.45, 2.75) is 57.1 Å². The number of nitrogens with zero attached hydrogens (tertiary/aromatic N) is 1. The van der Waals surface area contributed by atoms with Gasteiger partial charge in [0.05, 0.1) is 6.10 Å². The zero-order valence-corrected chi connectivity index (χ0v) is 10.3. The molecular weight excluding hydrogens is 200 g/mol. The van der Waals surface area contributed by atoms with Crippen LogP contribution in [0.4, 0.5) is 0 Å². The third-order valence-electron chi connectivity index (χ3n) is 4.38. The van der Waals surface area contributed by atoms with Gasteiger partial charge in [-0.15, -0.1) is 0 Å². The van der Waals surface area contributed by atoms with E-state index in [0.29, 0.717) is 6.54 Å². The van der Waals surface area contributed by atoms with Crippen LogP contribution in [0.25, 0.3) is 0 Å². The van der Waals surface area contributed by atoms with Gasteiger partial charge >= 0.3 is 0 Å². The Balaban J connectivity index is 1.82. The normalized spacial score (nSPS) is 33.4. The Hall–Kier alpha value is -0.120. The molecular formula is C13H26N2O. The standard InChI is InChI=1S/C13H26N2O/c14-10-12(16)7-9-15-8-3-5-11-4-1-2-6-13(11)15/h11-13,16H,1-10,14H2/t11-,12?,13-/m1/s1. The largest absolute Gasteiger partial charge is 0.392 e. The van der Waals surface area contributed by atoms with Crippen molar-refractivity contribution < 1.29 is 5.11 Å². The number of nitrogens with two attached hydrogens (primary N) is 1. The minimum atomic E-state index is -0.302. The summed E-state index contributed by atoms with van der Waals surface area (Å²) in [5.41, 5.74) is 5.45. The van der Waals surface area contributed by atoms with Crippen LogP contribution in [0.5, 0.6) is 0 Å². The Labute approximate surface area is 99.0 Å². The van der Waals surface area contributed by atoms with Crippen molar-refractivity contribution >= 4 is 0 Å². The molecule has 2 rings (SSSR count). The number of aliphatic hydroxyl groups excluding tert-OH is 1. The molecule has 0 aromatic carbocycles. The first-order valence-corrected chi connectivity index (χ1v) is 6.93. The molecule has 0 spiro atoms. The average molecular weight is 226 g/mol. The van der Waals surface area contributed by atoms with E-state index in [2.05, 4.69) is 4.90 Å². The van der Waals surface area contributed by atoms with Crippen LogP contribution in [0.15, 0.2) is 0 Å². The predicted molar refractivity (Wildman–Crippen MR) is 66.2 cm³/mol. The highest BCUT2D eigenvalue weighted by atomic mass is 16.3. The first-order chi connectivity index (χ1) is 7.81. The van der Waals surface area contributed by atoms with E-state index in [0.717, 1.165) is 24.9 Å². The van der Waals surface area contributed by atoms with E-state index in [9.17, 15) is 5.11 Å². The van der Waals surface area contributed by atoms with Gasteiger partial charge in [0.2, 0.25) is 0 Å². The number of piperidine rings is 1. The molecule has 0 aromatic heterocycles. The minimum absolute atomic E-state index is 0.302.